The number of aryl methyl sites for hydroxylation is 1. The van der Waals surface area contributed by atoms with Gasteiger partial charge in [0.15, 0.2) is 0 Å². The van der Waals surface area contributed by atoms with E-state index in [0.29, 0.717) is 10.6 Å². The van der Waals surface area contributed by atoms with Gasteiger partial charge in [-0.15, -0.1) is 0 Å². The summed E-state index contributed by atoms with van der Waals surface area (Å²) in [5.74, 6) is -0.0888. The van der Waals surface area contributed by atoms with Crippen molar-refractivity contribution in [2.75, 3.05) is 0 Å². The van der Waals surface area contributed by atoms with Gasteiger partial charge in [-0.05, 0) is 53.4 Å². The van der Waals surface area contributed by atoms with E-state index >= 15 is 0 Å². The smallest absolute Gasteiger partial charge is 0.251 e. The summed E-state index contributed by atoms with van der Waals surface area (Å²) >= 11 is 9.30. The van der Waals surface area contributed by atoms with Gasteiger partial charge in [-0.3, -0.25) is 9.48 Å². The molecule has 0 aliphatic heterocycles. The quantitative estimate of drug-likeness (QED) is 0.879. The van der Waals surface area contributed by atoms with Crippen LogP contribution in [0.4, 0.5) is 0 Å². The molecule has 1 aliphatic rings. The topological polar surface area (TPSA) is 46.9 Å². The zero-order valence-electron chi connectivity index (χ0n) is 11.6. The monoisotopic (exact) mass is 367 g/mol. The number of benzene rings is 1. The first kappa shape index (κ1) is 14.6. The number of amides is 1. The maximum absolute atomic E-state index is 12.4. The molecule has 1 aromatic heterocycles. The highest BCUT2D eigenvalue weighted by molar-refractivity contribution is 9.10. The molecule has 21 heavy (non-hydrogen) atoms. The van der Waals surface area contributed by atoms with Crippen LogP contribution in [0.2, 0.25) is 5.02 Å². The average Bonchev–Trinajstić information content (AvgIpc) is 2.85. The van der Waals surface area contributed by atoms with Crippen molar-refractivity contribution < 1.29 is 4.79 Å². The van der Waals surface area contributed by atoms with E-state index in [1.54, 1.807) is 18.2 Å². The van der Waals surface area contributed by atoms with E-state index in [0.717, 1.165) is 29.3 Å². The molecule has 3 rings (SSSR count). The summed E-state index contributed by atoms with van der Waals surface area (Å²) in [5.41, 5.74) is 2.94. The van der Waals surface area contributed by atoms with Crippen LogP contribution in [0.25, 0.3) is 0 Å². The number of carbonyl (C=O) groups excluding carboxylic acids is 1. The zero-order chi connectivity index (χ0) is 15.0. The van der Waals surface area contributed by atoms with Crippen LogP contribution in [0.15, 0.2) is 28.9 Å². The minimum atomic E-state index is -0.0888. The lowest BCUT2D eigenvalue weighted by Crippen LogP contribution is -2.30. The molecule has 1 N–H and O–H groups in total. The van der Waals surface area contributed by atoms with E-state index in [1.807, 2.05) is 17.9 Å². The van der Waals surface area contributed by atoms with Gasteiger partial charge >= 0.3 is 0 Å². The lowest BCUT2D eigenvalue weighted by molar-refractivity contribution is 0.0932. The summed E-state index contributed by atoms with van der Waals surface area (Å²) in [7, 11) is 1.94. The number of rotatable bonds is 2. The van der Waals surface area contributed by atoms with Crippen LogP contribution in [-0.2, 0) is 13.5 Å². The van der Waals surface area contributed by atoms with Crippen molar-refractivity contribution in [3.8, 4) is 0 Å². The van der Waals surface area contributed by atoms with Crippen molar-refractivity contribution in [3.63, 3.8) is 0 Å². The molecule has 0 bridgehead atoms. The Kier molecular flexibility index (Phi) is 4.04. The summed E-state index contributed by atoms with van der Waals surface area (Å²) in [6.45, 7) is 0. The van der Waals surface area contributed by atoms with Crippen molar-refractivity contribution >= 4 is 33.4 Å². The van der Waals surface area contributed by atoms with Gasteiger partial charge in [0.25, 0.3) is 5.91 Å². The Morgan fingerprint density at radius 3 is 3.10 bits per heavy atom. The second-order valence-electron chi connectivity index (χ2n) is 5.22. The second kappa shape index (κ2) is 5.81. The van der Waals surface area contributed by atoms with E-state index in [-0.39, 0.29) is 11.9 Å². The highest BCUT2D eigenvalue weighted by Crippen LogP contribution is 2.30. The highest BCUT2D eigenvalue weighted by Gasteiger charge is 2.25. The fourth-order valence-corrected chi connectivity index (χ4v) is 3.23. The zero-order valence-corrected chi connectivity index (χ0v) is 13.9. The molecule has 110 valence electrons. The molecule has 0 saturated heterocycles. The number of nitrogens with one attached hydrogen (secondary N) is 1. The molecule has 0 fully saturated rings. The number of halogens is 2. The van der Waals surface area contributed by atoms with Gasteiger partial charge < -0.3 is 5.32 Å². The first-order valence-electron chi connectivity index (χ1n) is 6.83. The molecule has 2 aromatic rings. The Morgan fingerprint density at radius 2 is 2.33 bits per heavy atom. The summed E-state index contributed by atoms with van der Waals surface area (Å²) in [6, 6.07) is 5.22. The van der Waals surface area contributed by atoms with Gasteiger partial charge in [-0.25, -0.2) is 0 Å². The lowest BCUT2D eigenvalue weighted by Gasteiger charge is -2.23. The molecule has 1 amide bonds. The number of carbonyl (C=O) groups is 1. The van der Waals surface area contributed by atoms with Crippen LogP contribution in [0.5, 0.6) is 0 Å². The van der Waals surface area contributed by atoms with Gasteiger partial charge in [0, 0.05) is 28.3 Å². The van der Waals surface area contributed by atoms with Crippen LogP contribution >= 0.6 is 27.5 Å². The number of fused-ring (bicyclic) bond motifs is 1. The fourth-order valence-electron chi connectivity index (χ4n) is 2.74. The molecule has 1 heterocycles. The second-order valence-corrected chi connectivity index (χ2v) is 6.48. The lowest BCUT2D eigenvalue weighted by atomic mass is 9.93. The van der Waals surface area contributed by atoms with Crippen molar-refractivity contribution in [2.24, 2.45) is 7.05 Å². The van der Waals surface area contributed by atoms with Gasteiger partial charge in [-0.2, -0.15) is 5.10 Å². The molecule has 1 aromatic carbocycles. The normalized spacial score (nSPS) is 17.4. The van der Waals surface area contributed by atoms with E-state index in [9.17, 15) is 4.79 Å². The number of hydrogen-bond acceptors (Lipinski definition) is 2. The Morgan fingerprint density at radius 1 is 1.52 bits per heavy atom. The van der Waals surface area contributed by atoms with Crippen molar-refractivity contribution in [1.82, 2.24) is 15.1 Å². The maximum Gasteiger partial charge on any atom is 0.251 e. The third-order valence-electron chi connectivity index (χ3n) is 3.86. The molecule has 1 aliphatic carbocycles. The van der Waals surface area contributed by atoms with E-state index in [4.69, 9.17) is 11.6 Å². The summed E-state index contributed by atoms with van der Waals surface area (Å²) in [5, 5.41) is 7.99. The van der Waals surface area contributed by atoms with Crippen LogP contribution < -0.4 is 5.32 Å². The summed E-state index contributed by atoms with van der Waals surface area (Å²) in [4.78, 5) is 12.4. The highest BCUT2D eigenvalue weighted by atomic mass is 79.9. The van der Waals surface area contributed by atoms with Gasteiger partial charge in [0.2, 0.25) is 0 Å². The molecule has 1 atom stereocenters. The molecule has 0 spiro atoms. The first-order valence-corrected chi connectivity index (χ1v) is 8.00. The predicted molar refractivity (Wildman–Crippen MR) is 85.5 cm³/mol. The van der Waals surface area contributed by atoms with Crippen LogP contribution in [0, 0.1) is 0 Å². The number of aromatic nitrogens is 2. The largest absolute Gasteiger partial charge is 0.345 e. The molecule has 4 nitrogen and oxygen atoms in total. The fraction of sp³-hybridized carbons (Fsp3) is 0.333. The van der Waals surface area contributed by atoms with Crippen molar-refractivity contribution in [2.45, 2.75) is 25.3 Å². The van der Waals surface area contributed by atoms with Gasteiger partial charge in [0.1, 0.15) is 0 Å². The molecule has 0 radical (unpaired) electrons. The third kappa shape index (κ3) is 2.85. The van der Waals surface area contributed by atoms with Gasteiger partial charge in [0.05, 0.1) is 17.3 Å². The van der Waals surface area contributed by atoms with Crippen LogP contribution in [0.3, 0.4) is 0 Å². The summed E-state index contributed by atoms with van der Waals surface area (Å²) in [6.07, 6.45) is 4.88. The van der Waals surface area contributed by atoms with Crippen LogP contribution in [-0.4, -0.2) is 15.7 Å². The minimum Gasteiger partial charge on any atom is -0.345 e. The van der Waals surface area contributed by atoms with Crippen LogP contribution in [0.1, 0.15) is 40.5 Å². The summed E-state index contributed by atoms with van der Waals surface area (Å²) < 4.78 is 2.62. The Labute approximate surface area is 136 Å². The maximum atomic E-state index is 12.4. The minimum absolute atomic E-state index is 0.0319. The molecule has 0 saturated carbocycles. The Hall–Kier alpha value is -1.33. The SMILES string of the molecule is Cn1ncc2c1CCCC2NC(=O)c1ccc(Cl)c(Br)c1. The number of nitrogens with zero attached hydrogens (tertiary/aromatic N) is 2. The molecule has 1 unspecified atom stereocenters. The molecular weight excluding hydrogens is 354 g/mol. The predicted octanol–water partition coefficient (Wildman–Crippen LogP) is 3.64. The van der Waals surface area contributed by atoms with E-state index in [1.165, 1.54) is 5.69 Å². The first-order chi connectivity index (χ1) is 10.1. The van der Waals surface area contributed by atoms with Crippen molar-refractivity contribution in [3.05, 3.63) is 50.7 Å². The van der Waals surface area contributed by atoms with E-state index in [2.05, 4.69) is 26.3 Å². The average molecular weight is 369 g/mol. The Bertz CT molecular complexity index is 698. The Balaban J connectivity index is 1.81. The molecular formula is C15H15BrClN3O. The number of hydrogen-bond donors (Lipinski definition) is 1. The van der Waals surface area contributed by atoms with Crippen molar-refractivity contribution in [1.29, 1.82) is 0 Å². The standard InChI is InChI=1S/C15H15BrClN3O/c1-20-14-4-2-3-13(10(14)8-18-20)19-15(21)9-5-6-12(17)11(16)7-9/h5-8,13H,2-4H2,1H3,(H,19,21). The third-order valence-corrected chi connectivity index (χ3v) is 5.08. The molecule has 6 heteroatoms. The van der Waals surface area contributed by atoms with E-state index < -0.39 is 0 Å². The van der Waals surface area contributed by atoms with Gasteiger partial charge in [-0.1, -0.05) is 11.6 Å².